The van der Waals surface area contributed by atoms with Crippen LogP contribution in [0.4, 0.5) is 0 Å². The van der Waals surface area contributed by atoms with Crippen molar-refractivity contribution in [2.75, 3.05) is 53.6 Å². The summed E-state index contributed by atoms with van der Waals surface area (Å²) in [6.45, 7) is 6.88. The van der Waals surface area contributed by atoms with Gasteiger partial charge >= 0.3 is 0 Å². The summed E-state index contributed by atoms with van der Waals surface area (Å²) in [6, 6.07) is 5.89. The monoisotopic (exact) mass is 348 g/mol. The number of morpholine rings is 1. The molecule has 7 nitrogen and oxygen atoms in total. The summed E-state index contributed by atoms with van der Waals surface area (Å²) in [5, 5.41) is 2.89. The normalized spacial score (nSPS) is 23.4. The molecular formula is C18H28N4O3. The summed E-state index contributed by atoms with van der Waals surface area (Å²) in [5.41, 5.74) is 1.99. The first-order valence-corrected chi connectivity index (χ1v) is 8.77. The van der Waals surface area contributed by atoms with Crippen molar-refractivity contribution in [2.24, 2.45) is 0 Å². The Kier molecular flexibility index (Phi) is 5.68. The molecule has 2 aliphatic heterocycles. The minimum absolute atomic E-state index is 0.00883. The lowest BCUT2D eigenvalue weighted by Crippen LogP contribution is -2.72. The van der Waals surface area contributed by atoms with Crippen LogP contribution in [0.1, 0.15) is 11.4 Å². The van der Waals surface area contributed by atoms with Gasteiger partial charge < -0.3 is 14.8 Å². The zero-order valence-corrected chi connectivity index (χ0v) is 15.3. The fraction of sp³-hybridized carbons (Fsp3) is 0.667. The van der Waals surface area contributed by atoms with Crippen LogP contribution in [0.25, 0.3) is 0 Å². The number of aryl methyl sites for hydroxylation is 1. The Hall–Kier alpha value is -1.54. The van der Waals surface area contributed by atoms with E-state index in [1.807, 2.05) is 26.1 Å². The SMILES string of the molecule is COCCNC(=O)[C@H]1COC2(CN(Cc3cccc(C)n3)C2)CN1C. The van der Waals surface area contributed by atoms with Crippen molar-refractivity contribution in [2.45, 2.75) is 25.1 Å². The quantitative estimate of drug-likeness (QED) is 0.732. The molecule has 1 N–H and O–H groups in total. The second-order valence-corrected chi connectivity index (χ2v) is 7.12. The van der Waals surface area contributed by atoms with Crippen LogP contribution >= 0.6 is 0 Å². The molecule has 2 saturated heterocycles. The highest BCUT2D eigenvalue weighted by molar-refractivity contribution is 5.82. The van der Waals surface area contributed by atoms with Crippen molar-refractivity contribution < 1.29 is 14.3 Å². The molecule has 0 bridgehead atoms. The molecule has 2 aliphatic rings. The zero-order chi connectivity index (χ0) is 17.9. The Morgan fingerprint density at radius 2 is 2.24 bits per heavy atom. The van der Waals surface area contributed by atoms with Gasteiger partial charge in [0.05, 0.1) is 18.9 Å². The van der Waals surface area contributed by atoms with E-state index in [0.717, 1.165) is 37.6 Å². The maximum Gasteiger partial charge on any atom is 0.239 e. The Balaban J connectivity index is 1.46. The van der Waals surface area contributed by atoms with E-state index < -0.39 is 0 Å². The predicted molar refractivity (Wildman–Crippen MR) is 94.2 cm³/mol. The van der Waals surface area contributed by atoms with Gasteiger partial charge in [-0.25, -0.2) is 0 Å². The largest absolute Gasteiger partial charge is 0.383 e. The molecule has 0 radical (unpaired) electrons. The minimum atomic E-state index is -0.227. The van der Waals surface area contributed by atoms with Gasteiger partial charge in [-0.05, 0) is 26.1 Å². The van der Waals surface area contributed by atoms with E-state index in [-0.39, 0.29) is 17.6 Å². The fourth-order valence-corrected chi connectivity index (χ4v) is 3.65. The first-order chi connectivity index (χ1) is 12.0. The number of amides is 1. The zero-order valence-electron chi connectivity index (χ0n) is 15.3. The summed E-state index contributed by atoms with van der Waals surface area (Å²) in [4.78, 5) is 21.2. The maximum absolute atomic E-state index is 12.2. The van der Waals surface area contributed by atoms with E-state index in [9.17, 15) is 4.79 Å². The summed E-state index contributed by atoms with van der Waals surface area (Å²) in [7, 11) is 3.62. The van der Waals surface area contributed by atoms with Crippen LogP contribution in [0.15, 0.2) is 18.2 Å². The third-order valence-corrected chi connectivity index (χ3v) is 4.88. The molecule has 1 spiro atoms. The van der Waals surface area contributed by atoms with Crippen LogP contribution in [-0.4, -0.2) is 85.9 Å². The van der Waals surface area contributed by atoms with Gasteiger partial charge in [-0.3, -0.25) is 19.6 Å². The second kappa shape index (κ2) is 7.78. The minimum Gasteiger partial charge on any atom is -0.383 e. The van der Waals surface area contributed by atoms with Crippen molar-refractivity contribution in [3.63, 3.8) is 0 Å². The number of pyridine rings is 1. The van der Waals surface area contributed by atoms with E-state index in [1.54, 1.807) is 7.11 Å². The first-order valence-electron chi connectivity index (χ1n) is 8.77. The van der Waals surface area contributed by atoms with E-state index >= 15 is 0 Å². The van der Waals surface area contributed by atoms with E-state index in [1.165, 1.54) is 0 Å². The summed E-state index contributed by atoms with van der Waals surface area (Å²) < 4.78 is 11.1. The molecule has 1 aromatic rings. The molecule has 1 amide bonds. The Morgan fingerprint density at radius 1 is 1.44 bits per heavy atom. The molecule has 25 heavy (non-hydrogen) atoms. The van der Waals surface area contributed by atoms with Crippen molar-refractivity contribution in [3.8, 4) is 0 Å². The number of methoxy groups -OCH3 is 1. The Bertz CT molecular complexity index is 604. The number of ether oxygens (including phenoxy) is 2. The number of likely N-dealkylation sites (tertiary alicyclic amines) is 1. The second-order valence-electron chi connectivity index (χ2n) is 7.12. The molecule has 2 fully saturated rings. The van der Waals surface area contributed by atoms with Gasteiger partial charge in [0.25, 0.3) is 0 Å². The highest BCUT2D eigenvalue weighted by Crippen LogP contribution is 2.31. The third-order valence-electron chi connectivity index (χ3n) is 4.88. The van der Waals surface area contributed by atoms with Crippen molar-refractivity contribution in [1.29, 1.82) is 0 Å². The molecule has 7 heteroatoms. The van der Waals surface area contributed by atoms with Crippen LogP contribution in [-0.2, 0) is 20.8 Å². The molecule has 0 aromatic carbocycles. The number of likely N-dealkylation sites (N-methyl/N-ethyl adjacent to an activating group) is 1. The highest BCUT2D eigenvalue weighted by atomic mass is 16.5. The number of rotatable bonds is 6. The van der Waals surface area contributed by atoms with Gasteiger partial charge in [0.1, 0.15) is 11.6 Å². The van der Waals surface area contributed by atoms with E-state index in [2.05, 4.69) is 26.2 Å². The van der Waals surface area contributed by atoms with Gasteiger partial charge in [-0.15, -0.1) is 0 Å². The molecule has 3 rings (SSSR count). The van der Waals surface area contributed by atoms with Crippen molar-refractivity contribution >= 4 is 5.91 Å². The molecule has 0 aliphatic carbocycles. The average molecular weight is 348 g/mol. The first kappa shape index (κ1) is 18.3. The maximum atomic E-state index is 12.2. The van der Waals surface area contributed by atoms with Gasteiger partial charge in [0.2, 0.25) is 5.91 Å². The molecule has 1 aromatic heterocycles. The van der Waals surface area contributed by atoms with Crippen LogP contribution < -0.4 is 5.32 Å². The van der Waals surface area contributed by atoms with Gasteiger partial charge in [0, 0.05) is 45.5 Å². The van der Waals surface area contributed by atoms with Crippen molar-refractivity contribution in [3.05, 3.63) is 29.6 Å². The summed E-state index contributed by atoms with van der Waals surface area (Å²) >= 11 is 0. The van der Waals surface area contributed by atoms with Gasteiger partial charge in [-0.2, -0.15) is 0 Å². The van der Waals surface area contributed by atoms with E-state index in [4.69, 9.17) is 9.47 Å². The summed E-state index contributed by atoms with van der Waals surface area (Å²) in [5.74, 6) is 0.00883. The number of hydrogen-bond donors (Lipinski definition) is 1. The van der Waals surface area contributed by atoms with Crippen LogP contribution in [0.3, 0.4) is 0 Å². The average Bonchev–Trinajstić information content (AvgIpc) is 2.53. The van der Waals surface area contributed by atoms with Gasteiger partial charge in [-0.1, -0.05) is 6.07 Å². The number of aromatic nitrogens is 1. The Morgan fingerprint density at radius 3 is 2.92 bits per heavy atom. The molecular weight excluding hydrogens is 320 g/mol. The number of nitrogens with one attached hydrogen (secondary N) is 1. The van der Waals surface area contributed by atoms with Gasteiger partial charge in [0.15, 0.2) is 0 Å². The lowest BCUT2D eigenvalue weighted by Gasteiger charge is -2.54. The predicted octanol–water partition coefficient (Wildman–Crippen LogP) is 0.0376. The molecule has 138 valence electrons. The fourth-order valence-electron chi connectivity index (χ4n) is 3.65. The van der Waals surface area contributed by atoms with Crippen molar-refractivity contribution in [1.82, 2.24) is 20.1 Å². The number of carbonyl (C=O) groups excluding carboxylic acids is 1. The lowest BCUT2D eigenvalue weighted by atomic mass is 9.90. The number of hydrogen-bond acceptors (Lipinski definition) is 6. The molecule has 0 unspecified atom stereocenters. The number of carbonyl (C=O) groups is 1. The number of nitrogens with zero attached hydrogens (tertiary/aromatic N) is 3. The standard InChI is InChI=1S/C18H28N4O3/c1-14-5-4-6-15(20-14)9-22-12-18(13-22)11-21(2)16(10-25-18)17(23)19-7-8-24-3/h4-6,16H,7-13H2,1-3H3,(H,19,23)/t16-/m1/s1. The molecule has 0 saturated carbocycles. The smallest absolute Gasteiger partial charge is 0.239 e. The molecule has 1 atom stereocenters. The Labute approximate surface area is 149 Å². The van der Waals surface area contributed by atoms with Crippen LogP contribution in [0.5, 0.6) is 0 Å². The molecule has 3 heterocycles. The van der Waals surface area contributed by atoms with E-state index in [0.29, 0.717) is 19.8 Å². The highest BCUT2D eigenvalue weighted by Gasteiger charge is 2.49. The van der Waals surface area contributed by atoms with Crippen LogP contribution in [0, 0.1) is 6.92 Å². The summed E-state index contributed by atoms with van der Waals surface area (Å²) in [6.07, 6.45) is 0. The topological polar surface area (TPSA) is 66.9 Å². The third kappa shape index (κ3) is 4.36. The lowest BCUT2D eigenvalue weighted by molar-refractivity contribution is -0.199. The van der Waals surface area contributed by atoms with Crippen LogP contribution in [0.2, 0.25) is 0 Å².